The smallest absolute Gasteiger partial charge is 0.244 e. The van der Waals surface area contributed by atoms with Crippen LogP contribution in [0.15, 0.2) is 12.1 Å². The number of anilines is 1. The van der Waals surface area contributed by atoms with Gasteiger partial charge in [0.05, 0.1) is 16.2 Å². The highest BCUT2D eigenvalue weighted by Gasteiger charge is 2.44. The van der Waals surface area contributed by atoms with Crippen molar-refractivity contribution in [2.24, 2.45) is 11.7 Å². The Balaban J connectivity index is 2.19. The molecule has 5 heteroatoms. The van der Waals surface area contributed by atoms with Crippen LogP contribution in [-0.2, 0) is 4.79 Å². The first-order valence-electron chi connectivity index (χ1n) is 5.88. The molecule has 0 bridgehead atoms. The standard InChI is InChI=1S/C13H16ClFN2O/c1-7-5-11(9(14)6-10(7)15)17-12(18)13(2,16)8-3-4-8/h5-6,8H,3-4,16H2,1-2H3,(H,17,18). The minimum atomic E-state index is -0.897. The van der Waals surface area contributed by atoms with Crippen molar-refractivity contribution in [1.29, 1.82) is 0 Å². The quantitative estimate of drug-likeness (QED) is 0.887. The van der Waals surface area contributed by atoms with Gasteiger partial charge in [-0.25, -0.2) is 4.39 Å². The van der Waals surface area contributed by atoms with Gasteiger partial charge in [0.15, 0.2) is 0 Å². The number of rotatable bonds is 3. The van der Waals surface area contributed by atoms with Gasteiger partial charge in [-0.1, -0.05) is 11.6 Å². The van der Waals surface area contributed by atoms with Crippen LogP contribution in [0.1, 0.15) is 25.3 Å². The SMILES string of the molecule is Cc1cc(NC(=O)C(C)(N)C2CC2)c(Cl)cc1F. The fourth-order valence-electron chi connectivity index (χ4n) is 1.88. The first-order chi connectivity index (χ1) is 8.32. The van der Waals surface area contributed by atoms with E-state index in [2.05, 4.69) is 5.32 Å². The van der Waals surface area contributed by atoms with Crippen LogP contribution in [0.3, 0.4) is 0 Å². The Kier molecular flexibility index (Phi) is 3.34. The summed E-state index contributed by atoms with van der Waals surface area (Å²) >= 11 is 5.90. The minimum Gasteiger partial charge on any atom is -0.323 e. The summed E-state index contributed by atoms with van der Waals surface area (Å²) in [6.07, 6.45) is 1.94. The molecule has 1 amide bonds. The highest BCUT2D eigenvalue weighted by atomic mass is 35.5. The number of halogens is 2. The maximum atomic E-state index is 13.2. The zero-order valence-electron chi connectivity index (χ0n) is 10.4. The number of nitrogens with one attached hydrogen (secondary N) is 1. The number of hydrogen-bond acceptors (Lipinski definition) is 2. The van der Waals surface area contributed by atoms with Gasteiger partial charge in [-0.3, -0.25) is 4.79 Å². The molecule has 18 heavy (non-hydrogen) atoms. The van der Waals surface area contributed by atoms with E-state index < -0.39 is 11.4 Å². The van der Waals surface area contributed by atoms with E-state index in [0.717, 1.165) is 12.8 Å². The van der Waals surface area contributed by atoms with E-state index in [-0.39, 0.29) is 16.8 Å². The van der Waals surface area contributed by atoms with Crippen LogP contribution in [0.2, 0.25) is 5.02 Å². The van der Waals surface area contributed by atoms with Gasteiger partial charge >= 0.3 is 0 Å². The summed E-state index contributed by atoms with van der Waals surface area (Å²) in [5, 5.41) is 2.86. The molecule has 0 radical (unpaired) electrons. The summed E-state index contributed by atoms with van der Waals surface area (Å²) in [6.45, 7) is 3.33. The summed E-state index contributed by atoms with van der Waals surface area (Å²) in [5.41, 5.74) is 5.94. The van der Waals surface area contributed by atoms with Gasteiger partial charge in [0.1, 0.15) is 5.82 Å². The third-order valence-electron chi connectivity index (χ3n) is 3.41. The normalized spacial score (nSPS) is 18.3. The first kappa shape index (κ1) is 13.3. The average Bonchev–Trinajstić information content (AvgIpc) is 3.09. The van der Waals surface area contributed by atoms with Gasteiger partial charge in [-0.05, 0) is 50.3 Å². The van der Waals surface area contributed by atoms with Crippen LogP contribution in [0.25, 0.3) is 0 Å². The maximum Gasteiger partial charge on any atom is 0.244 e. The molecular formula is C13H16ClFN2O. The van der Waals surface area contributed by atoms with Crippen LogP contribution in [0, 0.1) is 18.7 Å². The first-order valence-corrected chi connectivity index (χ1v) is 6.26. The molecular weight excluding hydrogens is 255 g/mol. The molecule has 1 unspecified atom stereocenters. The lowest BCUT2D eigenvalue weighted by Crippen LogP contribution is -2.50. The largest absolute Gasteiger partial charge is 0.323 e. The Morgan fingerprint density at radius 1 is 1.56 bits per heavy atom. The minimum absolute atomic E-state index is 0.179. The molecule has 1 atom stereocenters. The highest BCUT2D eigenvalue weighted by molar-refractivity contribution is 6.33. The molecule has 1 aromatic carbocycles. The molecule has 98 valence electrons. The third-order valence-corrected chi connectivity index (χ3v) is 3.72. The number of hydrogen-bond donors (Lipinski definition) is 2. The van der Waals surface area contributed by atoms with E-state index in [4.69, 9.17) is 17.3 Å². The highest BCUT2D eigenvalue weighted by Crippen LogP contribution is 2.39. The van der Waals surface area contributed by atoms with E-state index in [1.165, 1.54) is 12.1 Å². The Hall–Kier alpha value is -1.13. The number of nitrogens with two attached hydrogens (primary N) is 1. The fourth-order valence-corrected chi connectivity index (χ4v) is 2.08. The zero-order valence-corrected chi connectivity index (χ0v) is 11.1. The van der Waals surface area contributed by atoms with Crippen LogP contribution in [0.5, 0.6) is 0 Å². The third kappa shape index (κ3) is 2.49. The van der Waals surface area contributed by atoms with Crippen molar-refractivity contribution in [3.05, 3.63) is 28.5 Å². The number of carbonyl (C=O) groups excluding carboxylic acids is 1. The summed E-state index contributed by atoms with van der Waals surface area (Å²) in [5.74, 6) is -0.452. The van der Waals surface area contributed by atoms with Gasteiger partial charge in [0, 0.05) is 0 Å². The van der Waals surface area contributed by atoms with E-state index in [0.29, 0.717) is 11.3 Å². The molecule has 0 aliphatic heterocycles. The Bertz CT molecular complexity index is 498. The van der Waals surface area contributed by atoms with E-state index in [1.807, 2.05) is 0 Å². The second kappa shape index (κ2) is 4.52. The average molecular weight is 271 g/mol. The van der Waals surface area contributed by atoms with Crippen molar-refractivity contribution in [2.45, 2.75) is 32.2 Å². The molecule has 1 saturated carbocycles. The van der Waals surface area contributed by atoms with Gasteiger partial charge < -0.3 is 11.1 Å². The number of carbonyl (C=O) groups is 1. The summed E-state index contributed by atoms with van der Waals surface area (Å²) in [7, 11) is 0. The Labute approximate surface area is 111 Å². The molecule has 0 aromatic heterocycles. The molecule has 2 rings (SSSR count). The van der Waals surface area contributed by atoms with E-state index in [9.17, 15) is 9.18 Å². The molecule has 3 N–H and O–H groups in total. The molecule has 1 aromatic rings. The van der Waals surface area contributed by atoms with E-state index >= 15 is 0 Å². The van der Waals surface area contributed by atoms with Gasteiger partial charge in [-0.2, -0.15) is 0 Å². The summed E-state index contributed by atoms with van der Waals surface area (Å²) in [4.78, 5) is 12.1. The summed E-state index contributed by atoms with van der Waals surface area (Å²) < 4.78 is 13.2. The van der Waals surface area contributed by atoms with Crippen molar-refractivity contribution in [2.75, 3.05) is 5.32 Å². The van der Waals surface area contributed by atoms with Crippen LogP contribution >= 0.6 is 11.6 Å². The number of amides is 1. The molecule has 0 spiro atoms. The van der Waals surface area contributed by atoms with Crippen molar-refractivity contribution < 1.29 is 9.18 Å². The van der Waals surface area contributed by atoms with E-state index in [1.54, 1.807) is 13.8 Å². The Morgan fingerprint density at radius 3 is 2.72 bits per heavy atom. The van der Waals surface area contributed by atoms with Gasteiger partial charge in [-0.15, -0.1) is 0 Å². The maximum absolute atomic E-state index is 13.2. The fraction of sp³-hybridized carbons (Fsp3) is 0.462. The molecule has 1 aliphatic rings. The monoisotopic (exact) mass is 270 g/mol. The van der Waals surface area contributed by atoms with Crippen molar-refractivity contribution in [3.8, 4) is 0 Å². The predicted octanol–water partition coefficient (Wildman–Crippen LogP) is 2.85. The lowest BCUT2D eigenvalue weighted by atomic mass is 9.96. The molecule has 1 aliphatic carbocycles. The zero-order chi connectivity index (χ0) is 13.5. The lowest BCUT2D eigenvalue weighted by molar-refractivity contribution is -0.121. The van der Waals surface area contributed by atoms with Crippen LogP contribution in [-0.4, -0.2) is 11.4 Å². The number of aryl methyl sites for hydroxylation is 1. The Morgan fingerprint density at radius 2 is 2.17 bits per heavy atom. The molecule has 0 saturated heterocycles. The second-order valence-electron chi connectivity index (χ2n) is 5.09. The molecule has 3 nitrogen and oxygen atoms in total. The summed E-state index contributed by atoms with van der Waals surface area (Å²) in [6, 6.07) is 2.70. The topological polar surface area (TPSA) is 55.1 Å². The van der Waals surface area contributed by atoms with Crippen LogP contribution < -0.4 is 11.1 Å². The molecule has 1 fully saturated rings. The van der Waals surface area contributed by atoms with Crippen molar-refractivity contribution in [1.82, 2.24) is 0 Å². The van der Waals surface area contributed by atoms with Gasteiger partial charge in [0.25, 0.3) is 0 Å². The predicted molar refractivity (Wildman–Crippen MR) is 70.1 cm³/mol. The molecule has 0 heterocycles. The number of benzene rings is 1. The van der Waals surface area contributed by atoms with Crippen molar-refractivity contribution >= 4 is 23.2 Å². The van der Waals surface area contributed by atoms with Crippen LogP contribution in [0.4, 0.5) is 10.1 Å². The second-order valence-corrected chi connectivity index (χ2v) is 5.50. The van der Waals surface area contributed by atoms with Gasteiger partial charge in [0.2, 0.25) is 5.91 Å². The van der Waals surface area contributed by atoms with Crippen molar-refractivity contribution in [3.63, 3.8) is 0 Å². The lowest BCUT2D eigenvalue weighted by Gasteiger charge is -2.23.